The summed E-state index contributed by atoms with van der Waals surface area (Å²) in [6, 6.07) is 5.77. The molecule has 1 aromatic heterocycles. The van der Waals surface area contributed by atoms with Crippen LogP contribution in [0.4, 0.5) is 0 Å². The Morgan fingerprint density at radius 2 is 2.00 bits per heavy atom. The second kappa shape index (κ2) is 6.89. The third-order valence-electron chi connectivity index (χ3n) is 2.72. The van der Waals surface area contributed by atoms with Crippen molar-refractivity contribution in [2.45, 2.75) is 40.2 Å². The molecule has 0 saturated heterocycles. The van der Waals surface area contributed by atoms with Crippen LogP contribution in [0.25, 0.3) is 0 Å². The van der Waals surface area contributed by atoms with Crippen molar-refractivity contribution >= 4 is 11.7 Å². The molecule has 18 heavy (non-hydrogen) atoms. The van der Waals surface area contributed by atoms with Gasteiger partial charge in [0.05, 0.1) is 12.2 Å². The van der Waals surface area contributed by atoms with E-state index in [1.54, 1.807) is 4.90 Å². The molecule has 0 aromatic carbocycles. The lowest BCUT2D eigenvalue weighted by atomic mass is 10.2. The van der Waals surface area contributed by atoms with Gasteiger partial charge >= 0.3 is 0 Å². The molecule has 1 aromatic rings. The van der Waals surface area contributed by atoms with Crippen LogP contribution >= 0.6 is 0 Å². The van der Waals surface area contributed by atoms with Crippen LogP contribution in [0, 0.1) is 6.92 Å². The molecule has 0 bridgehead atoms. The zero-order valence-electron chi connectivity index (χ0n) is 11.3. The number of aryl methyl sites for hydroxylation is 1. The summed E-state index contributed by atoms with van der Waals surface area (Å²) in [4.78, 5) is 28.9. The summed E-state index contributed by atoms with van der Waals surface area (Å²) in [6.07, 6.45) is 0.603. The van der Waals surface area contributed by atoms with Crippen LogP contribution in [0.5, 0.6) is 0 Å². The molecule has 0 saturated carbocycles. The number of carbonyl (C=O) groups is 2. The number of nitrogens with zero attached hydrogens (tertiary/aromatic N) is 2. The number of rotatable bonds is 6. The van der Waals surface area contributed by atoms with Crippen molar-refractivity contribution in [3.63, 3.8) is 0 Å². The number of aromatic nitrogens is 1. The number of hydrogen-bond acceptors (Lipinski definition) is 3. The smallest absolute Gasteiger partial charge is 0.223 e. The van der Waals surface area contributed by atoms with Crippen molar-refractivity contribution in [1.82, 2.24) is 9.88 Å². The van der Waals surface area contributed by atoms with Crippen LogP contribution in [0.15, 0.2) is 18.2 Å². The van der Waals surface area contributed by atoms with E-state index in [1.165, 1.54) is 6.92 Å². The Morgan fingerprint density at radius 3 is 2.56 bits per heavy atom. The summed E-state index contributed by atoms with van der Waals surface area (Å²) in [5.41, 5.74) is 1.83. The van der Waals surface area contributed by atoms with Gasteiger partial charge in [-0.2, -0.15) is 0 Å². The third kappa shape index (κ3) is 4.65. The first-order chi connectivity index (χ1) is 8.52. The number of carbonyl (C=O) groups excluding carboxylic acids is 2. The van der Waals surface area contributed by atoms with Gasteiger partial charge in [0.25, 0.3) is 0 Å². The zero-order valence-corrected chi connectivity index (χ0v) is 11.3. The molecule has 0 fully saturated rings. The van der Waals surface area contributed by atoms with Crippen LogP contribution in [-0.2, 0) is 16.1 Å². The molecule has 0 radical (unpaired) electrons. The Bertz CT molecular complexity index is 430. The molecule has 4 nitrogen and oxygen atoms in total. The van der Waals surface area contributed by atoms with Gasteiger partial charge in [-0.1, -0.05) is 6.07 Å². The monoisotopic (exact) mass is 248 g/mol. The third-order valence-corrected chi connectivity index (χ3v) is 2.72. The minimum Gasteiger partial charge on any atom is -0.337 e. The minimum atomic E-state index is 0.0102. The summed E-state index contributed by atoms with van der Waals surface area (Å²) in [6.45, 7) is 6.51. The Morgan fingerprint density at radius 1 is 1.28 bits per heavy atom. The fourth-order valence-corrected chi connectivity index (χ4v) is 1.70. The summed E-state index contributed by atoms with van der Waals surface area (Å²) in [5.74, 6) is 0.0593. The molecular weight excluding hydrogens is 228 g/mol. The predicted molar refractivity (Wildman–Crippen MR) is 70.0 cm³/mol. The lowest BCUT2D eigenvalue weighted by Crippen LogP contribution is -2.30. The van der Waals surface area contributed by atoms with E-state index < -0.39 is 0 Å². The van der Waals surface area contributed by atoms with Gasteiger partial charge in [-0.15, -0.1) is 0 Å². The largest absolute Gasteiger partial charge is 0.337 e. The Balaban J connectivity index is 2.61. The molecule has 0 aliphatic carbocycles. The van der Waals surface area contributed by atoms with E-state index in [4.69, 9.17) is 0 Å². The Labute approximate surface area is 108 Å². The van der Waals surface area contributed by atoms with Gasteiger partial charge in [-0.25, -0.2) is 0 Å². The molecule has 4 heteroatoms. The maximum atomic E-state index is 11.9. The van der Waals surface area contributed by atoms with Crippen LogP contribution in [0.2, 0.25) is 0 Å². The average Bonchev–Trinajstić information content (AvgIpc) is 2.33. The first-order valence-corrected chi connectivity index (χ1v) is 6.22. The lowest BCUT2D eigenvalue weighted by Gasteiger charge is -2.20. The number of pyridine rings is 1. The molecule has 98 valence electrons. The van der Waals surface area contributed by atoms with Crippen LogP contribution in [0.3, 0.4) is 0 Å². The first kappa shape index (κ1) is 14.4. The van der Waals surface area contributed by atoms with E-state index in [0.29, 0.717) is 19.5 Å². The highest BCUT2D eigenvalue weighted by Crippen LogP contribution is 2.06. The topological polar surface area (TPSA) is 50.3 Å². The predicted octanol–water partition coefficient (Wildman–Crippen LogP) is 2.11. The molecule has 0 spiro atoms. The molecule has 1 rings (SSSR count). The number of amides is 1. The highest BCUT2D eigenvalue weighted by molar-refractivity contribution is 5.83. The summed E-state index contributed by atoms with van der Waals surface area (Å²) in [7, 11) is 0. The molecule has 1 heterocycles. The van der Waals surface area contributed by atoms with Crippen LogP contribution < -0.4 is 0 Å². The fraction of sp³-hybridized carbons (Fsp3) is 0.500. The molecule has 0 atom stereocenters. The van der Waals surface area contributed by atoms with Gasteiger partial charge < -0.3 is 9.69 Å². The molecule has 0 N–H and O–H groups in total. The van der Waals surface area contributed by atoms with E-state index >= 15 is 0 Å². The Hall–Kier alpha value is -1.71. The SMILES string of the molecule is CCN(Cc1cccc(C)n1)C(=O)CCC(C)=O. The zero-order chi connectivity index (χ0) is 13.5. The highest BCUT2D eigenvalue weighted by Gasteiger charge is 2.13. The quantitative estimate of drug-likeness (QED) is 0.774. The van der Waals surface area contributed by atoms with Crippen LogP contribution in [-0.4, -0.2) is 28.1 Å². The van der Waals surface area contributed by atoms with E-state index in [-0.39, 0.29) is 18.1 Å². The normalized spacial score (nSPS) is 10.2. The molecule has 1 amide bonds. The van der Waals surface area contributed by atoms with Gasteiger partial charge in [-0.05, 0) is 32.9 Å². The molecule has 0 aliphatic rings. The maximum Gasteiger partial charge on any atom is 0.223 e. The fourth-order valence-electron chi connectivity index (χ4n) is 1.70. The number of hydrogen-bond donors (Lipinski definition) is 0. The first-order valence-electron chi connectivity index (χ1n) is 6.22. The average molecular weight is 248 g/mol. The Kier molecular flexibility index (Phi) is 5.49. The van der Waals surface area contributed by atoms with Crippen LogP contribution in [0.1, 0.15) is 38.1 Å². The summed E-state index contributed by atoms with van der Waals surface area (Å²) < 4.78 is 0. The van der Waals surface area contributed by atoms with Crippen molar-refractivity contribution in [3.8, 4) is 0 Å². The molecule has 0 unspecified atom stereocenters. The van der Waals surface area contributed by atoms with E-state index in [1.807, 2.05) is 32.0 Å². The summed E-state index contributed by atoms with van der Waals surface area (Å²) in [5, 5.41) is 0. The second-order valence-electron chi connectivity index (χ2n) is 4.38. The second-order valence-corrected chi connectivity index (χ2v) is 4.38. The van der Waals surface area contributed by atoms with Crippen molar-refractivity contribution in [2.75, 3.05) is 6.54 Å². The highest BCUT2D eigenvalue weighted by atomic mass is 16.2. The maximum absolute atomic E-state index is 11.9. The van der Waals surface area contributed by atoms with Gasteiger partial charge in [0, 0.05) is 25.1 Å². The van der Waals surface area contributed by atoms with Gasteiger partial charge in [0.1, 0.15) is 5.78 Å². The lowest BCUT2D eigenvalue weighted by molar-refractivity contribution is -0.133. The minimum absolute atomic E-state index is 0.0102. The van der Waals surface area contributed by atoms with Crippen molar-refractivity contribution in [1.29, 1.82) is 0 Å². The van der Waals surface area contributed by atoms with Gasteiger partial charge in [0.15, 0.2) is 0 Å². The molecule has 0 aliphatic heterocycles. The van der Waals surface area contributed by atoms with Gasteiger partial charge in [0.2, 0.25) is 5.91 Å². The van der Waals surface area contributed by atoms with Crippen molar-refractivity contribution < 1.29 is 9.59 Å². The van der Waals surface area contributed by atoms with Gasteiger partial charge in [-0.3, -0.25) is 9.78 Å². The van der Waals surface area contributed by atoms with Crippen molar-refractivity contribution in [3.05, 3.63) is 29.6 Å². The van der Waals surface area contributed by atoms with E-state index in [2.05, 4.69) is 4.98 Å². The molecular formula is C14H20N2O2. The summed E-state index contributed by atoms with van der Waals surface area (Å²) >= 11 is 0. The van der Waals surface area contributed by atoms with Crippen molar-refractivity contribution in [2.24, 2.45) is 0 Å². The van der Waals surface area contributed by atoms with E-state index in [0.717, 1.165) is 11.4 Å². The van der Waals surface area contributed by atoms with E-state index in [9.17, 15) is 9.59 Å². The number of Topliss-reactive ketones (excluding diaryl/α,β-unsaturated/α-hetero) is 1. The number of ketones is 1. The standard InChI is InChI=1S/C14H20N2O2/c1-4-16(14(18)9-8-12(3)17)10-13-7-5-6-11(2)15-13/h5-7H,4,8-10H2,1-3H3.